The quantitative estimate of drug-likeness (QED) is 0.752. The summed E-state index contributed by atoms with van der Waals surface area (Å²) in [6.07, 6.45) is 1.32. The fourth-order valence-electron chi connectivity index (χ4n) is 2.53. The summed E-state index contributed by atoms with van der Waals surface area (Å²) in [7, 11) is 0. The number of ether oxygens (including phenoxy) is 1. The summed E-state index contributed by atoms with van der Waals surface area (Å²) in [6.45, 7) is 3.30. The molecule has 3 unspecified atom stereocenters. The topological polar surface area (TPSA) is 70.6 Å². The van der Waals surface area contributed by atoms with Gasteiger partial charge in [0.15, 0.2) is 0 Å². The average Bonchev–Trinajstić information content (AvgIpc) is 2.94. The predicted molar refractivity (Wildman–Crippen MR) is 86.0 cm³/mol. The van der Waals surface area contributed by atoms with Gasteiger partial charge in [-0.3, -0.25) is 0 Å². The van der Waals surface area contributed by atoms with Crippen LogP contribution in [-0.2, 0) is 4.74 Å². The molecule has 1 aliphatic heterocycles. The van der Waals surface area contributed by atoms with Crippen LogP contribution in [-0.4, -0.2) is 36.9 Å². The smallest absolute Gasteiger partial charge is 0.315 e. The first-order valence-corrected chi connectivity index (χ1v) is 8.00. The normalized spacial score (nSPS) is 22.3. The van der Waals surface area contributed by atoms with Crippen LogP contribution in [0.1, 0.15) is 31.4 Å². The Kier molecular flexibility index (Phi) is 6.49. The number of halogens is 1. The lowest BCUT2D eigenvalue weighted by molar-refractivity contribution is 0.0999. The molecular weight excluding hydrogens is 304 g/mol. The molecule has 122 valence electrons. The number of hydrogen-bond donors (Lipinski definition) is 3. The van der Waals surface area contributed by atoms with Crippen LogP contribution in [0.2, 0.25) is 5.02 Å². The van der Waals surface area contributed by atoms with Gasteiger partial charge in [-0.2, -0.15) is 0 Å². The number of urea groups is 1. The molecular formula is C16H23ClN2O3. The molecule has 0 spiro atoms. The molecule has 22 heavy (non-hydrogen) atoms. The minimum atomic E-state index is -0.195. The largest absolute Gasteiger partial charge is 0.396 e. The van der Waals surface area contributed by atoms with Gasteiger partial charge in [0.1, 0.15) is 6.10 Å². The fourth-order valence-corrected chi connectivity index (χ4v) is 2.65. The molecule has 2 amide bonds. The average molecular weight is 327 g/mol. The van der Waals surface area contributed by atoms with Gasteiger partial charge in [-0.1, -0.05) is 30.7 Å². The summed E-state index contributed by atoms with van der Waals surface area (Å²) in [5.74, 6) is 0.252. The van der Waals surface area contributed by atoms with Gasteiger partial charge in [0.05, 0.1) is 6.04 Å². The maximum absolute atomic E-state index is 12.0. The van der Waals surface area contributed by atoms with Crippen molar-refractivity contribution in [1.82, 2.24) is 10.6 Å². The highest BCUT2D eigenvalue weighted by Crippen LogP contribution is 2.29. The highest BCUT2D eigenvalue weighted by molar-refractivity contribution is 6.30. The maximum Gasteiger partial charge on any atom is 0.315 e. The van der Waals surface area contributed by atoms with E-state index in [1.54, 1.807) is 0 Å². The summed E-state index contributed by atoms with van der Waals surface area (Å²) in [5.41, 5.74) is 1.01. The fraction of sp³-hybridized carbons (Fsp3) is 0.562. The van der Waals surface area contributed by atoms with Crippen LogP contribution in [0.4, 0.5) is 4.79 Å². The SMILES string of the molecule is CC(CCO)CNC(=O)NC1CCOC1c1ccc(Cl)cc1. The number of aliphatic hydroxyl groups is 1. The number of aliphatic hydroxyl groups excluding tert-OH is 1. The van der Waals surface area contributed by atoms with Crippen LogP contribution in [0.25, 0.3) is 0 Å². The minimum absolute atomic E-state index is 0.0469. The molecule has 0 aliphatic carbocycles. The van der Waals surface area contributed by atoms with E-state index in [1.165, 1.54) is 0 Å². The third-order valence-corrected chi connectivity index (χ3v) is 4.09. The van der Waals surface area contributed by atoms with E-state index in [-0.39, 0.29) is 30.7 Å². The molecule has 1 heterocycles. The van der Waals surface area contributed by atoms with Crippen molar-refractivity contribution in [2.75, 3.05) is 19.8 Å². The van der Waals surface area contributed by atoms with E-state index in [1.807, 2.05) is 31.2 Å². The number of carbonyl (C=O) groups excluding carboxylic acids is 1. The number of hydrogen-bond acceptors (Lipinski definition) is 3. The van der Waals surface area contributed by atoms with E-state index in [4.69, 9.17) is 21.4 Å². The van der Waals surface area contributed by atoms with Crippen LogP contribution < -0.4 is 10.6 Å². The Morgan fingerprint density at radius 2 is 2.18 bits per heavy atom. The number of benzene rings is 1. The van der Waals surface area contributed by atoms with Gasteiger partial charge < -0.3 is 20.5 Å². The van der Waals surface area contributed by atoms with Crippen LogP contribution in [0.5, 0.6) is 0 Å². The summed E-state index contributed by atoms with van der Waals surface area (Å²) in [6, 6.07) is 7.26. The van der Waals surface area contributed by atoms with Gasteiger partial charge >= 0.3 is 6.03 Å². The van der Waals surface area contributed by atoms with Gasteiger partial charge in [-0.25, -0.2) is 4.79 Å². The first-order valence-electron chi connectivity index (χ1n) is 7.62. The van der Waals surface area contributed by atoms with Crippen molar-refractivity contribution in [1.29, 1.82) is 0 Å². The van der Waals surface area contributed by atoms with Crippen molar-refractivity contribution in [3.63, 3.8) is 0 Å². The molecule has 1 aromatic rings. The van der Waals surface area contributed by atoms with Gasteiger partial charge in [-0.05, 0) is 36.5 Å². The molecule has 1 fully saturated rings. The van der Waals surface area contributed by atoms with Gasteiger partial charge in [-0.15, -0.1) is 0 Å². The van der Waals surface area contributed by atoms with E-state index >= 15 is 0 Å². The lowest BCUT2D eigenvalue weighted by Gasteiger charge is -2.21. The molecule has 2 rings (SSSR count). The predicted octanol–water partition coefficient (Wildman–Crippen LogP) is 2.49. The third kappa shape index (κ3) is 4.87. The molecule has 0 aromatic heterocycles. The van der Waals surface area contributed by atoms with E-state index in [0.717, 1.165) is 12.0 Å². The molecule has 0 radical (unpaired) electrons. The standard InChI is InChI=1S/C16H23ClN2O3/c1-11(6-8-20)10-18-16(21)19-14-7-9-22-15(14)12-2-4-13(17)5-3-12/h2-5,11,14-15,20H,6-10H2,1H3,(H2,18,19,21). The van der Waals surface area contributed by atoms with E-state index in [0.29, 0.717) is 24.6 Å². The Hall–Kier alpha value is -1.30. The molecule has 0 saturated carbocycles. The second-order valence-corrected chi connectivity index (χ2v) is 6.15. The second kappa shape index (κ2) is 8.36. The summed E-state index contributed by atoms with van der Waals surface area (Å²) >= 11 is 5.90. The van der Waals surface area contributed by atoms with E-state index in [2.05, 4.69) is 10.6 Å². The van der Waals surface area contributed by atoms with Crippen molar-refractivity contribution >= 4 is 17.6 Å². The Morgan fingerprint density at radius 1 is 1.45 bits per heavy atom. The molecule has 0 bridgehead atoms. The third-order valence-electron chi connectivity index (χ3n) is 3.84. The number of amides is 2. The highest BCUT2D eigenvalue weighted by Gasteiger charge is 2.30. The maximum atomic E-state index is 12.0. The number of rotatable bonds is 6. The van der Waals surface area contributed by atoms with E-state index < -0.39 is 0 Å². The zero-order chi connectivity index (χ0) is 15.9. The van der Waals surface area contributed by atoms with Crippen LogP contribution in [0.3, 0.4) is 0 Å². The molecule has 6 heteroatoms. The number of nitrogens with one attached hydrogen (secondary N) is 2. The Labute approximate surface area is 136 Å². The summed E-state index contributed by atoms with van der Waals surface area (Å²) < 4.78 is 5.74. The summed E-state index contributed by atoms with van der Waals surface area (Å²) in [5, 5.41) is 15.3. The Morgan fingerprint density at radius 3 is 2.86 bits per heavy atom. The highest BCUT2D eigenvalue weighted by atomic mass is 35.5. The molecule has 3 atom stereocenters. The van der Waals surface area contributed by atoms with Crippen molar-refractivity contribution in [3.05, 3.63) is 34.9 Å². The monoisotopic (exact) mass is 326 g/mol. The molecule has 3 N–H and O–H groups in total. The molecule has 1 saturated heterocycles. The minimum Gasteiger partial charge on any atom is -0.396 e. The van der Waals surface area contributed by atoms with E-state index in [9.17, 15) is 4.79 Å². The van der Waals surface area contributed by atoms with Crippen molar-refractivity contribution in [2.45, 2.75) is 31.9 Å². The number of carbonyl (C=O) groups is 1. The Bertz CT molecular complexity index is 481. The van der Waals surface area contributed by atoms with Crippen LogP contribution >= 0.6 is 11.6 Å². The van der Waals surface area contributed by atoms with Crippen molar-refractivity contribution in [2.24, 2.45) is 5.92 Å². The van der Waals surface area contributed by atoms with Crippen molar-refractivity contribution < 1.29 is 14.6 Å². The molecule has 1 aliphatic rings. The van der Waals surface area contributed by atoms with Crippen molar-refractivity contribution in [3.8, 4) is 0 Å². The van der Waals surface area contributed by atoms with Gasteiger partial charge in [0.2, 0.25) is 0 Å². The van der Waals surface area contributed by atoms with Crippen LogP contribution in [0, 0.1) is 5.92 Å². The van der Waals surface area contributed by atoms with Gasteiger partial charge in [0, 0.05) is 24.8 Å². The van der Waals surface area contributed by atoms with Gasteiger partial charge in [0.25, 0.3) is 0 Å². The first kappa shape index (κ1) is 17.1. The first-order chi connectivity index (χ1) is 10.6. The second-order valence-electron chi connectivity index (χ2n) is 5.71. The Balaban J connectivity index is 1.85. The molecule has 1 aromatic carbocycles. The lowest BCUT2D eigenvalue weighted by Crippen LogP contribution is -2.44. The summed E-state index contributed by atoms with van der Waals surface area (Å²) in [4.78, 5) is 12.0. The zero-order valence-corrected chi connectivity index (χ0v) is 13.5. The van der Waals surface area contributed by atoms with Crippen LogP contribution in [0.15, 0.2) is 24.3 Å². The lowest BCUT2D eigenvalue weighted by atomic mass is 10.0. The zero-order valence-electron chi connectivity index (χ0n) is 12.7. The molecule has 5 nitrogen and oxygen atoms in total.